The van der Waals surface area contributed by atoms with Crippen molar-refractivity contribution in [2.75, 3.05) is 18.1 Å². The van der Waals surface area contributed by atoms with E-state index in [1.165, 1.54) is 0 Å². The molecule has 0 bridgehead atoms. The minimum atomic E-state index is -4.22. The summed E-state index contributed by atoms with van der Waals surface area (Å²) in [6, 6.07) is 9.10. The van der Waals surface area contributed by atoms with Gasteiger partial charge in [0.25, 0.3) is 0 Å². The maximum Gasteiger partial charge on any atom is 0.407 e. The predicted octanol–water partition coefficient (Wildman–Crippen LogP) is 3.00. The Balaban J connectivity index is 2.08. The fourth-order valence-corrected chi connectivity index (χ4v) is 2.58. The molecule has 22 heavy (non-hydrogen) atoms. The number of alkyl carbamates (subject to hydrolysis) is 1. The van der Waals surface area contributed by atoms with Crippen LogP contribution in [0.25, 0.3) is 0 Å². The molecule has 0 aliphatic heterocycles. The highest BCUT2D eigenvalue weighted by molar-refractivity contribution is 7.84. The lowest BCUT2D eigenvalue weighted by atomic mass is 10.2. The Kier molecular flexibility index (Phi) is 7.94. The van der Waals surface area contributed by atoms with Crippen molar-refractivity contribution in [2.45, 2.75) is 25.6 Å². The van der Waals surface area contributed by atoms with Crippen LogP contribution in [0.1, 0.15) is 18.4 Å². The van der Waals surface area contributed by atoms with Gasteiger partial charge >= 0.3 is 12.3 Å². The van der Waals surface area contributed by atoms with E-state index in [-0.39, 0.29) is 31.1 Å². The van der Waals surface area contributed by atoms with E-state index in [4.69, 9.17) is 4.74 Å². The topological polar surface area (TPSA) is 55.4 Å². The van der Waals surface area contributed by atoms with Crippen LogP contribution < -0.4 is 5.32 Å². The molecule has 0 aromatic heterocycles. The molecule has 0 radical (unpaired) electrons. The normalized spacial score (nSPS) is 12.7. The second-order valence-electron chi connectivity index (χ2n) is 4.56. The molecule has 0 saturated carbocycles. The van der Waals surface area contributed by atoms with Gasteiger partial charge in [0.05, 0.1) is 0 Å². The fraction of sp³-hybridized carbons (Fsp3) is 0.500. The molecule has 0 aliphatic rings. The molecular weight excluding hydrogens is 319 g/mol. The zero-order valence-electron chi connectivity index (χ0n) is 11.9. The lowest BCUT2D eigenvalue weighted by Crippen LogP contribution is -2.28. The highest BCUT2D eigenvalue weighted by Crippen LogP contribution is 2.21. The minimum Gasteiger partial charge on any atom is -0.445 e. The van der Waals surface area contributed by atoms with Crippen molar-refractivity contribution < 1.29 is 26.9 Å². The zero-order valence-corrected chi connectivity index (χ0v) is 12.7. The molecule has 0 heterocycles. The summed E-state index contributed by atoms with van der Waals surface area (Å²) in [6.07, 6.45) is -5.97. The lowest BCUT2D eigenvalue weighted by Gasteiger charge is -2.08. The molecule has 0 aliphatic carbocycles. The third kappa shape index (κ3) is 9.38. The molecule has 1 amide bonds. The SMILES string of the molecule is O=C(NCCS(=O)CCCC(F)(F)F)OCc1ccccc1. The van der Waals surface area contributed by atoms with Gasteiger partial charge in [-0.15, -0.1) is 0 Å². The average Bonchev–Trinajstić information content (AvgIpc) is 2.45. The number of hydrogen-bond donors (Lipinski definition) is 1. The van der Waals surface area contributed by atoms with Crippen molar-refractivity contribution in [2.24, 2.45) is 0 Å². The van der Waals surface area contributed by atoms with E-state index < -0.39 is 29.5 Å². The van der Waals surface area contributed by atoms with E-state index in [9.17, 15) is 22.2 Å². The van der Waals surface area contributed by atoms with Gasteiger partial charge < -0.3 is 10.1 Å². The van der Waals surface area contributed by atoms with Crippen LogP contribution >= 0.6 is 0 Å². The number of hydrogen-bond acceptors (Lipinski definition) is 3. The van der Waals surface area contributed by atoms with Gasteiger partial charge in [-0.1, -0.05) is 30.3 Å². The van der Waals surface area contributed by atoms with Gasteiger partial charge in [0, 0.05) is 35.3 Å². The number of ether oxygens (including phenoxy) is 1. The molecular formula is C14H18F3NO3S. The summed E-state index contributed by atoms with van der Waals surface area (Å²) >= 11 is 0. The van der Waals surface area contributed by atoms with E-state index in [1.54, 1.807) is 0 Å². The third-order valence-electron chi connectivity index (χ3n) is 2.64. The first-order valence-corrected chi connectivity index (χ1v) is 8.22. The third-order valence-corrected chi connectivity index (χ3v) is 4.05. The Bertz CT molecular complexity index is 480. The molecule has 1 rings (SSSR count). The largest absolute Gasteiger partial charge is 0.445 e. The summed E-state index contributed by atoms with van der Waals surface area (Å²) in [4.78, 5) is 11.4. The number of nitrogens with one attached hydrogen (secondary N) is 1. The molecule has 1 N–H and O–H groups in total. The van der Waals surface area contributed by atoms with Gasteiger partial charge in [-0.05, 0) is 12.0 Å². The number of halogens is 3. The van der Waals surface area contributed by atoms with Crippen LogP contribution in [-0.2, 0) is 22.1 Å². The van der Waals surface area contributed by atoms with Crippen molar-refractivity contribution in [1.29, 1.82) is 0 Å². The molecule has 1 unspecified atom stereocenters. The van der Waals surface area contributed by atoms with E-state index in [1.807, 2.05) is 30.3 Å². The highest BCUT2D eigenvalue weighted by Gasteiger charge is 2.26. The highest BCUT2D eigenvalue weighted by atomic mass is 32.2. The predicted molar refractivity (Wildman–Crippen MR) is 77.8 cm³/mol. The summed E-state index contributed by atoms with van der Waals surface area (Å²) in [5, 5.41) is 2.41. The van der Waals surface area contributed by atoms with Gasteiger partial charge in [0.2, 0.25) is 0 Å². The first kappa shape index (κ1) is 18.5. The van der Waals surface area contributed by atoms with E-state index in [0.717, 1.165) is 5.56 Å². The second-order valence-corrected chi connectivity index (χ2v) is 6.25. The van der Waals surface area contributed by atoms with Crippen molar-refractivity contribution >= 4 is 16.9 Å². The van der Waals surface area contributed by atoms with E-state index in [2.05, 4.69) is 5.32 Å². The van der Waals surface area contributed by atoms with Crippen LogP contribution in [0.15, 0.2) is 30.3 Å². The molecule has 4 nitrogen and oxygen atoms in total. The van der Waals surface area contributed by atoms with Crippen LogP contribution in [0.5, 0.6) is 0 Å². The zero-order chi connectivity index (χ0) is 16.4. The Hall–Kier alpha value is -1.57. The number of alkyl halides is 3. The van der Waals surface area contributed by atoms with Crippen molar-refractivity contribution in [3.8, 4) is 0 Å². The standard InChI is InChI=1S/C14H18F3NO3S/c15-14(16,17)7-4-9-22(20)10-8-18-13(19)21-11-12-5-2-1-3-6-12/h1-3,5-6H,4,7-11H2,(H,18,19). The van der Waals surface area contributed by atoms with Crippen molar-refractivity contribution in [3.05, 3.63) is 35.9 Å². The number of carbonyl (C=O) groups excluding carboxylic acids is 1. The van der Waals surface area contributed by atoms with Crippen LogP contribution in [0.2, 0.25) is 0 Å². The number of benzene rings is 1. The van der Waals surface area contributed by atoms with Crippen molar-refractivity contribution in [1.82, 2.24) is 5.32 Å². The lowest BCUT2D eigenvalue weighted by molar-refractivity contribution is -0.134. The summed E-state index contributed by atoms with van der Waals surface area (Å²) in [6.45, 7) is 0.230. The molecule has 8 heteroatoms. The molecule has 1 atom stereocenters. The van der Waals surface area contributed by atoms with Crippen LogP contribution in [0.3, 0.4) is 0 Å². The first-order chi connectivity index (χ1) is 10.4. The quantitative estimate of drug-likeness (QED) is 0.793. The van der Waals surface area contributed by atoms with Crippen molar-refractivity contribution in [3.63, 3.8) is 0 Å². The van der Waals surface area contributed by atoms with Gasteiger partial charge in [-0.3, -0.25) is 4.21 Å². The Morgan fingerprint density at radius 2 is 1.86 bits per heavy atom. The van der Waals surface area contributed by atoms with E-state index >= 15 is 0 Å². The molecule has 124 valence electrons. The maximum atomic E-state index is 11.9. The monoisotopic (exact) mass is 337 g/mol. The summed E-state index contributed by atoms with van der Waals surface area (Å²) in [7, 11) is -1.38. The first-order valence-electron chi connectivity index (χ1n) is 6.73. The second kappa shape index (κ2) is 9.45. The molecule has 0 saturated heterocycles. The van der Waals surface area contributed by atoms with Crippen LogP contribution in [-0.4, -0.2) is 34.5 Å². The average molecular weight is 337 g/mol. The minimum absolute atomic E-state index is 0.0275. The van der Waals surface area contributed by atoms with Gasteiger partial charge in [-0.25, -0.2) is 4.79 Å². The Morgan fingerprint density at radius 1 is 1.18 bits per heavy atom. The summed E-state index contributed by atoms with van der Waals surface area (Å²) in [5.41, 5.74) is 0.841. The van der Waals surface area contributed by atoms with Gasteiger partial charge in [0.15, 0.2) is 0 Å². The smallest absolute Gasteiger partial charge is 0.407 e. The van der Waals surface area contributed by atoms with Crippen LogP contribution in [0.4, 0.5) is 18.0 Å². The molecule has 1 aromatic carbocycles. The Labute approximate surface area is 129 Å². The van der Waals surface area contributed by atoms with Crippen LogP contribution in [0, 0.1) is 0 Å². The number of amides is 1. The number of rotatable bonds is 8. The van der Waals surface area contributed by atoms with E-state index in [0.29, 0.717) is 0 Å². The molecule has 1 aromatic rings. The number of carbonyl (C=O) groups is 1. The van der Waals surface area contributed by atoms with Gasteiger partial charge in [0.1, 0.15) is 6.61 Å². The summed E-state index contributed by atoms with van der Waals surface area (Å²) in [5.74, 6) is 0.0819. The fourth-order valence-electron chi connectivity index (χ4n) is 1.58. The Morgan fingerprint density at radius 3 is 2.50 bits per heavy atom. The van der Waals surface area contributed by atoms with Gasteiger partial charge in [-0.2, -0.15) is 13.2 Å². The molecule has 0 fully saturated rings. The molecule has 0 spiro atoms. The maximum absolute atomic E-state index is 11.9. The summed E-state index contributed by atoms with van der Waals surface area (Å²) < 4.78 is 52.1.